The van der Waals surface area contributed by atoms with Crippen LogP contribution in [-0.4, -0.2) is 28.4 Å². The molecule has 2 aliphatic rings. The Labute approximate surface area is 141 Å². The van der Waals surface area contributed by atoms with E-state index in [0.717, 1.165) is 33.9 Å². The molecule has 24 heavy (non-hydrogen) atoms. The topological polar surface area (TPSA) is 81.3 Å². The van der Waals surface area contributed by atoms with Gasteiger partial charge in [-0.05, 0) is 41.1 Å². The number of nitrogen functional groups attached to an aromatic ring is 1. The zero-order valence-electron chi connectivity index (χ0n) is 13.8. The monoisotopic (exact) mass is 321 g/mol. The molecule has 4 rings (SSSR count). The van der Waals surface area contributed by atoms with Crippen molar-refractivity contribution < 1.29 is 9.68 Å². The number of nitrogens with two attached hydrogens (primary N) is 1. The molecule has 1 aliphatic carbocycles. The molecule has 3 N–H and O–H groups in total. The molecule has 1 aromatic carbocycles. The normalized spacial score (nSPS) is 23.4. The fraction of sp³-hybridized carbons (Fsp3) is 0.333. The van der Waals surface area contributed by atoms with Crippen LogP contribution in [0, 0.1) is 11.8 Å². The van der Waals surface area contributed by atoms with Crippen molar-refractivity contribution in [3.8, 4) is 0 Å². The van der Waals surface area contributed by atoms with Crippen LogP contribution in [0.15, 0.2) is 42.0 Å². The summed E-state index contributed by atoms with van der Waals surface area (Å²) in [6, 6.07) is 5.95. The van der Waals surface area contributed by atoms with Crippen LogP contribution in [0.5, 0.6) is 0 Å². The summed E-state index contributed by atoms with van der Waals surface area (Å²) in [4.78, 5) is 0. The van der Waals surface area contributed by atoms with Crippen LogP contribution in [0.4, 0.5) is 5.69 Å². The van der Waals surface area contributed by atoms with E-state index in [-0.39, 0.29) is 12.0 Å². The first-order chi connectivity index (χ1) is 11.6. The Bertz CT molecular complexity index is 862. The van der Waals surface area contributed by atoms with E-state index in [2.05, 4.69) is 36.2 Å². The van der Waals surface area contributed by atoms with Gasteiger partial charge in [0.2, 0.25) is 0 Å². The smallest absolute Gasteiger partial charge is 0.423 e. The lowest BCUT2D eigenvalue weighted by atomic mass is 9.66. The van der Waals surface area contributed by atoms with E-state index in [1.807, 2.05) is 18.2 Å². The molecule has 2 unspecified atom stereocenters. The number of nitrogens with zero attached hydrogens (tertiary/aromatic N) is 2. The fourth-order valence-corrected chi connectivity index (χ4v) is 3.83. The third-order valence-corrected chi connectivity index (χ3v) is 4.97. The summed E-state index contributed by atoms with van der Waals surface area (Å²) >= 11 is 0. The minimum atomic E-state index is -0.843. The first kappa shape index (κ1) is 15.4. The van der Waals surface area contributed by atoms with Gasteiger partial charge in [-0.15, -0.1) is 0 Å². The molecule has 2 heterocycles. The van der Waals surface area contributed by atoms with Gasteiger partial charge in [0.25, 0.3) is 0 Å². The molecule has 0 amide bonds. The average molecular weight is 321 g/mol. The Balaban J connectivity index is 1.84. The molecule has 2 atom stereocenters. The highest BCUT2D eigenvalue weighted by atomic mass is 16.5. The van der Waals surface area contributed by atoms with E-state index >= 15 is 0 Å². The molecule has 6 heteroatoms. The Morgan fingerprint density at radius 1 is 1.38 bits per heavy atom. The van der Waals surface area contributed by atoms with Gasteiger partial charge in [0.1, 0.15) is 0 Å². The van der Waals surface area contributed by atoms with Crippen LogP contribution < -0.4 is 5.73 Å². The van der Waals surface area contributed by atoms with Crippen LogP contribution in [0.25, 0.3) is 16.5 Å². The van der Waals surface area contributed by atoms with Crippen LogP contribution in [0.2, 0.25) is 0 Å². The van der Waals surface area contributed by atoms with E-state index in [4.69, 9.17) is 10.4 Å². The van der Waals surface area contributed by atoms with Crippen molar-refractivity contribution in [3.05, 3.63) is 47.6 Å². The van der Waals surface area contributed by atoms with Gasteiger partial charge >= 0.3 is 7.12 Å². The van der Waals surface area contributed by atoms with E-state index in [1.165, 1.54) is 0 Å². The van der Waals surface area contributed by atoms with Gasteiger partial charge in [-0.1, -0.05) is 32.1 Å². The number of anilines is 1. The molecular weight excluding hydrogens is 301 g/mol. The van der Waals surface area contributed by atoms with Crippen molar-refractivity contribution in [3.63, 3.8) is 0 Å². The molecule has 0 bridgehead atoms. The zero-order valence-corrected chi connectivity index (χ0v) is 13.8. The summed E-state index contributed by atoms with van der Waals surface area (Å²) < 4.78 is 5.84. The lowest BCUT2D eigenvalue weighted by Crippen LogP contribution is -2.23. The molecule has 1 fully saturated rings. The molecule has 122 valence electrons. The standard InChI is InChI=1S/C18H20BN3O2/c1-10(2)18-14-5-3-4-12(17(14)19(23)24-18)11-6-7-13-15(20)9-21-22-16(13)8-11/h3-4,6-10,14,18,23H,5H2,1-2H3,(H2,20,22). The number of hydrogen-bond acceptors (Lipinski definition) is 5. The van der Waals surface area contributed by atoms with Crippen molar-refractivity contribution in [2.24, 2.45) is 11.8 Å². The summed E-state index contributed by atoms with van der Waals surface area (Å²) in [5, 5.41) is 19.5. The van der Waals surface area contributed by atoms with Gasteiger partial charge in [0, 0.05) is 11.3 Å². The summed E-state index contributed by atoms with van der Waals surface area (Å²) in [6.07, 6.45) is 6.74. The van der Waals surface area contributed by atoms with E-state index < -0.39 is 7.12 Å². The van der Waals surface area contributed by atoms with Gasteiger partial charge in [0.05, 0.1) is 23.5 Å². The molecule has 1 saturated heterocycles. The molecule has 1 aromatic heterocycles. The number of hydrogen-bond donors (Lipinski definition) is 2. The molecule has 0 saturated carbocycles. The first-order valence-electron chi connectivity index (χ1n) is 8.31. The molecule has 5 nitrogen and oxygen atoms in total. The minimum absolute atomic E-state index is 0.0471. The summed E-state index contributed by atoms with van der Waals surface area (Å²) in [7, 11) is -0.843. The van der Waals surface area contributed by atoms with Crippen molar-refractivity contribution in [2.75, 3.05) is 5.73 Å². The van der Waals surface area contributed by atoms with Crippen molar-refractivity contribution in [1.82, 2.24) is 10.2 Å². The lowest BCUT2D eigenvalue weighted by Gasteiger charge is -2.25. The highest BCUT2D eigenvalue weighted by Gasteiger charge is 2.45. The predicted molar refractivity (Wildman–Crippen MR) is 95.8 cm³/mol. The Kier molecular flexibility index (Phi) is 3.66. The predicted octanol–water partition coefficient (Wildman–Crippen LogP) is 2.62. The van der Waals surface area contributed by atoms with Crippen LogP contribution in [0.1, 0.15) is 25.8 Å². The van der Waals surface area contributed by atoms with Gasteiger partial charge < -0.3 is 15.4 Å². The molecule has 0 radical (unpaired) electrons. The number of allylic oxidation sites excluding steroid dienone is 3. The molecule has 1 aliphatic heterocycles. The molecule has 0 spiro atoms. The van der Waals surface area contributed by atoms with Gasteiger partial charge in [-0.25, -0.2) is 0 Å². The van der Waals surface area contributed by atoms with Gasteiger partial charge in [-0.2, -0.15) is 10.2 Å². The maximum absolute atomic E-state index is 10.5. The number of aromatic nitrogens is 2. The van der Waals surface area contributed by atoms with Crippen molar-refractivity contribution in [2.45, 2.75) is 26.4 Å². The van der Waals surface area contributed by atoms with E-state index in [9.17, 15) is 5.02 Å². The maximum atomic E-state index is 10.5. The van der Waals surface area contributed by atoms with Gasteiger partial charge in [-0.3, -0.25) is 0 Å². The number of benzene rings is 1. The second-order valence-corrected chi connectivity index (χ2v) is 6.84. The first-order valence-corrected chi connectivity index (χ1v) is 8.31. The second kappa shape index (κ2) is 5.72. The van der Waals surface area contributed by atoms with E-state index in [1.54, 1.807) is 6.20 Å². The zero-order chi connectivity index (χ0) is 16.8. The third-order valence-electron chi connectivity index (χ3n) is 4.97. The third kappa shape index (κ3) is 2.34. The number of fused-ring (bicyclic) bond motifs is 2. The molecule has 2 aromatic rings. The Morgan fingerprint density at radius 3 is 3.00 bits per heavy atom. The Hall–Kier alpha value is -2.18. The highest BCUT2D eigenvalue weighted by molar-refractivity contribution is 6.55. The SMILES string of the molecule is CC(C)C1OB(O)C2=C(c3ccc4c(N)cnnc4c3)C=CCC21. The lowest BCUT2D eigenvalue weighted by molar-refractivity contribution is 0.119. The van der Waals surface area contributed by atoms with Crippen molar-refractivity contribution in [1.29, 1.82) is 0 Å². The largest absolute Gasteiger partial charge is 0.488 e. The van der Waals surface area contributed by atoms with Crippen LogP contribution >= 0.6 is 0 Å². The maximum Gasteiger partial charge on any atom is 0.488 e. The summed E-state index contributed by atoms with van der Waals surface area (Å²) in [5.74, 6) is 0.583. The summed E-state index contributed by atoms with van der Waals surface area (Å²) in [5.41, 5.74) is 10.3. The summed E-state index contributed by atoms with van der Waals surface area (Å²) in [6.45, 7) is 4.26. The Morgan fingerprint density at radius 2 is 2.21 bits per heavy atom. The van der Waals surface area contributed by atoms with Crippen LogP contribution in [0.3, 0.4) is 0 Å². The second-order valence-electron chi connectivity index (χ2n) is 6.84. The minimum Gasteiger partial charge on any atom is -0.423 e. The molecular formula is C18H20BN3O2. The fourth-order valence-electron chi connectivity index (χ4n) is 3.83. The average Bonchev–Trinajstić information content (AvgIpc) is 2.92. The highest BCUT2D eigenvalue weighted by Crippen LogP contribution is 2.43. The number of rotatable bonds is 2. The van der Waals surface area contributed by atoms with Gasteiger partial charge in [0.15, 0.2) is 0 Å². The quantitative estimate of drug-likeness (QED) is 0.831. The van der Waals surface area contributed by atoms with Crippen LogP contribution in [-0.2, 0) is 4.65 Å². The van der Waals surface area contributed by atoms with E-state index in [0.29, 0.717) is 11.6 Å². The van der Waals surface area contributed by atoms with Crippen molar-refractivity contribution >= 4 is 29.3 Å².